The lowest BCUT2D eigenvalue weighted by molar-refractivity contribution is -0.178. The molecule has 5 nitrogen and oxygen atoms in total. The summed E-state index contributed by atoms with van der Waals surface area (Å²) in [5, 5.41) is 0. The summed E-state index contributed by atoms with van der Waals surface area (Å²) >= 11 is 0. The molecule has 4 aliphatic rings. The Morgan fingerprint density at radius 1 is 1.03 bits per heavy atom. The van der Waals surface area contributed by atoms with E-state index < -0.39 is 0 Å². The van der Waals surface area contributed by atoms with Gasteiger partial charge in [0.15, 0.2) is 0 Å². The van der Waals surface area contributed by atoms with Gasteiger partial charge in [-0.05, 0) is 98.2 Å². The van der Waals surface area contributed by atoms with Crippen molar-refractivity contribution in [3.05, 3.63) is 0 Å². The van der Waals surface area contributed by atoms with Crippen LogP contribution in [-0.4, -0.2) is 30.9 Å². The van der Waals surface area contributed by atoms with E-state index in [0.717, 1.165) is 51.4 Å². The molecule has 0 aromatic rings. The molecule has 10 atom stereocenters. The molecule has 4 unspecified atom stereocenters. The number of Topliss-reactive ketones (excluding diaryl/α,β-unsaturated/α-hetero) is 1. The topological polar surface area (TPSA) is 69.7 Å². The maximum absolute atomic E-state index is 14.3. The van der Waals surface area contributed by atoms with Crippen LogP contribution in [0.15, 0.2) is 0 Å². The van der Waals surface area contributed by atoms with E-state index >= 15 is 0 Å². The highest BCUT2D eigenvalue weighted by Crippen LogP contribution is 2.68. The summed E-state index contributed by atoms with van der Waals surface area (Å²) in [6, 6.07) is 0. The number of ketones is 1. The first kappa shape index (κ1) is 26.7. The average molecular weight is 489 g/mol. The van der Waals surface area contributed by atoms with Gasteiger partial charge in [0.25, 0.3) is 0 Å². The van der Waals surface area contributed by atoms with Crippen molar-refractivity contribution in [2.24, 2.45) is 52.3 Å². The zero-order valence-electron chi connectivity index (χ0n) is 22.9. The Balaban J connectivity index is 1.59. The number of methoxy groups -OCH3 is 1. The van der Waals surface area contributed by atoms with E-state index in [9.17, 15) is 14.4 Å². The Morgan fingerprint density at radius 3 is 2.37 bits per heavy atom. The van der Waals surface area contributed by atoms with E-state index in [1.54, 1.807) is 0 Å². The molecule has 4 fully saturated rings. The minimum Gasteiger partial charge on any atom is -0.469 e. The number of fused-ring (bicyclic) bond motifs is 5. The summed E-state index contributed by atoms with van der Waals surface area (Å²) in [6.45, 7) is 11.0. The van der Waals surface area contributed by atoms with Gasteiger partial charge in [0, 0.05) is 25.2 Å². The summed E-state index contributed by atoms with van der Waals surface area (Å²) in [6.07, 6.45) is 10.8. The highest BCUT2D eigenvalue weighted by molar-refractivity contribution is 5.86. The van der Waals surface area contributed by atoms with Crippen molar-refractivity contribution in [1.82, 2.24) is 0 Å². The number of carbonyl (C=O) groups is 3. The Kier molecular flexibility index (Phi) is 7.75. The second-order valence-electron chi connectivity index (χ2n) is 13.0. The molecule has 198 valence electrons. The SMILES string of the molecule is CCC[C@@H]1C(=O)C2C3CCC([C@H](C)CCC(=O)OC)[C@@]3(C)CCC2[C@@]2(C)CC[C@@H](OC(C)=O)C[C@@H]12. The maximum atomic E-state index is 14.3. The number of ether oxygens (including phenoxy) is 2. The minimum absolute atomic E-state index is 0.0327. The van der Waals surface area contributed by atoms with Gasteiger partial charge in [-0.3, -0.25) is 14.4 Å². The Bertz CT molecular complexity index is 822. The molecule has 0 heterocycles. The van der Waals surface area contributed by atoms with Crippen LogP contribution in [0.2, 0.25) is 0 Å². The van der Waals surface area contributed by atoms with Crippen molar-refractivity contribution in [2.45, 2.75) is 111 Å². The normalized spacial score (nSPS) is 43.5. The second kappa shape index (κ2) is 10.2. The molecule has 0 aromatic carbocycles. The van der Waals surface area contributed by atoms with Crippen LogP contribution in [0.1, 0.15) is 105 Å². The number of rotatable bonds is 7. The molecule has 0 spiro atoms. The fraction of sp³-hybridized carbons (Fsp3) is 0.900. The smallest absolute Gasteiger partial charge is 0.305 e. The molecular formula is C30H48O5. The van der Waals surface area contributed by atoms with E-state index in [-0.39, 0.29) is 40.7 Å². The third kappa shape index (κ3) is 4.59. The van der Waals surface area contributed by atoms with Crippen LogP contribution in [0.5, 0.6) is 0 Å². The minimum atomic E-state index is -0.197. The van der Waals surface area contributed by atoms with E-state index in [0.29, 0.717) is 41.8 Å². The zero-order valence-corrected chi connectivity index (χ0v) is 22.9. The largest absolute Gasteiger partial charge is 0.469 e. The highest BCUT2D eigenvalue weighted by atomic mass is 16.5. The van der Waals surface area contributed by atoms with Crippen LogP contribution in [0.3, 0.4) is 0 Å². The molecule has 4 aliphatic carbocycles. The maximum Gasteiger partial charge on any atom is 0.305 e. The fourth-order valence-electron chi connectivity index (χ4n) is 9.75. The number of hydrogen-bond acceptors (Lipinski definition) is 5. The van der Waals surface area contributed by atoms with Crippen LogP contribution in [0.4, 0.5) is 0 Å². The quantitative estimate of drug-likeness (QED) is 0.389. The summed E-state index contributed by atoms with van der Waals surface area (Å²) in [5.74, 6) is 2.77. The lowest BCUT2D eigenvalue weighted by Crippen LogP contribution is -2.61. The molecular weight excluding hydrogens is 440 g/mol. The van der Waals surface area contributed by atoms with Crippen LogP contribution in [0, 0.1) is 52.3 Å². The van der Waals surface area contributed by atoms with E-state index in [4.69, 9.17) is 9.47 Å². The van der Waals surface area contributed by atoms with E-state index in [2.05, 4.69) is 27.7 Å². The number of esters is 2. The Morgan fingerprint density at radius 2 is 1.71 bits per heavy atom. The van der Waals surface area contributed by atoms with Crippen molar-refractivity contribution in [3.63, 3.8) is 0 Å². The summed E-state index contributed by atoms with van der Waals surface area (Å²) in [4.78, 5) is 37.8. The van der Waals surface area contributed by atoms with Crippen LogP contribution in [0.25, 0.3) is 0 Å². The third-order valence-electron chi connectivity index (χ3n) is 11.4. The van der Waals surface area contributed by atoms with Crippen LogP contribution in [-0.2, 0) is 23.9 Å². The van der Waals surface area contributed by atoms with Crippen LogP contribution < -0.4 is 0 Å². The van der Waals surface area contributed by atoms with Gasteiger partial charge in [-0.2, -0.15) is 0 Å². The molecule has 0 aliphatic heterocycles. The molecule has 0 aromatic heterocycles. The molecule has 0 N–H and O–H groups in total. The van der Waals surface area contributed by atoms with Gasteiger partial charge in [-0.25, -0.2) is 0 Å². The van der Waals surface area contributed by atoms with Gasteiger partial charge in [-0.15, -0.1) is 0 Å². The first-order chi connectivity index (χ1) is 16.6. The second-order valence-corrected chi connectivity index (χ2v) is 13.0. The molecule has 4 rings (SSSR count). The van der Waals surface area contributed by atoms with Crippen molar-refractivity contribution < 1.29 is 23.9 Å². The monoisotopic (exact) mass is 488 g/mol. The van der Waals surface area contributed by atoms with E-state index in [1.807, 2.05) is 0 Å². The number of carbonyl (C=O) groups excluding carboxylic acids is 3. The van der Waals surface area contributed by atoms with Crippen LogP contribution >= 0.6 is 0 Å². The van der Waals surface area contributed by atoms with Crippen molar-refractivity contribution in [3.8, 4) is 0 Å². The fourth-order valence-corrected chi connectivity index (χ4v) is 9.75. The lowest BCUT2D eigenvalue weighted by Gasteiger charge is -2.62. The van der Waals surface area contributed by atoms with Gasteiger partial charge in [0.1, 0.15) is 11.9 Å². The number of hydrogen-bond donors (Lipinski definition) is 0. The van der Waals surface area contributed by atoms with Gasteiger partial charge in [0.2, 0.25) is 0 Å². The third-order valence-corrected chi connectivity index (χ3v) is 11.4. The van der Waals surface area contributed by atoms with Gasteiger partial charge >= 0.3 is 11.9 Å². The highest BCUT2D eigenvalue weighted by Gasteiger charge is 2.65. The van der Waals surface area contributed by atoms with Gasteiger partial charge < -0.3 is 9.47 Å². The molecule has 0 amide bonds. The first-order valence-electron chi connectivity index (χ1n) is 14.3. The zero-order chi connectivity index (χ0) is 25.5. The predicted octanol–water partition coefficient (Wildman–Crippen LogP) is 6.37. The van der Waals surface area contributed by atoms with Crippen molar-refractivity contribution in [2.75, 3.05) is 7.11 Å². The Hall–Kier alpha value is -1.39. The molecule has 0 bridgehead atoms. The molecule has 5 heteroatoms. The average Bonchev–Trinajstić information content (AvgIpc) is 3.17. The van der Waals surface area contributed by atoms with Gasteiger partial charge in [-0.1, -0.05) is 34.1 Å². The van der Waals surface area contributed by atoms with Crippen molar-refractivity contribution >= 4 is 17.7 Å². The summed E-state index contributed by atoms with van der Waals surface area (Å²) < 4.78 is 10.6. The Labute approximate surface area is 212 Å². The lowest BCUT2D eigenvalue weighted by atomic mass is 9.41. The van der Waals surface area contributed by atoms with Gasteiger partial charge in [0.05, 0.1) is 7.11 Å². The van der Waals surface area contributed by atoms with Crippen molar-refractivity contribution in [1.29, 1.82) is 0 Å². The summed E-state index contributed by atoms with van der Waals surface area (Å²) in [7, 11) is 1.47. The summed E-state index contributed by atoms with van der Waals surface area (Å²) in [5.41, 5.74) is 0.340. The molecule has 0 radical (unpaired) electrons. The first-order valence-corrected chi connectivity index (χ1v) is 14.3. The molecule has 35 heavy (non-hydrogen) atoms. The standard InChI is InChI=1S/C30H48O5/c1-7-8-21-25-17-20(35-19(3)31)13-15-30(25,5)24-14-16-29(4)22(18(2)9-12-26(32)34-6)10-11-23(29)27(24)28(21)33/h18,20-25,27H,7-17H2,1-6H3/t18-,20-,21+,22?,23?,24?,25+,27?,29-,30-/m1/s1. The van der Waals surface area contributed by atoms with E-state index in [1.165, 1.54) is 26.9 Å². The molecule has 0 saturated heterocycles. The molecule has 4 saturated carbocycles. The predicted molar refractivity (Wildman–Crippen MR) is 135 cm³/mol.